The van der Waals surface area contributed by atoms with Crippen LogP contribution < -0.4 is 11.5 Å². The van der Waals surface area contributed by atoms with Crippen LogP contribution in [-0.2, 0) is 13.3 Å². The summed E-state index contributed by atoms with van der Waals surface area (Å²) in [6, 6.07) is 0.778. The largest absolute Gasteiger partial charge is 0.500 e. The molecule has 0 saturated carbocycles. The van der Waals surface area contributed by atoms with Crippen molar-refractivity contribution in [3.63, 3.8) is 0 Å². The summed E-state index contributed by atoms with van der Waals surface area (Å²) in [4.78, 5) is 0. The van der Waals surface area contributed by atoms with E-state index in [2.05, 4.69) is 19.6 Å². The van der Waals surface area contributed by atoms with Crippen LogP contribution in [0.15, 0.2) is 0 Å². The summed E-state index contributed by atoms with van der Waals surface area (Å²) in [7, 11) is -0.659. The van der Waals surface area contributed by atoms with Gasteiger partial charge in [0.15, 0.2) is 0 Å². The van der Waals surface area contributed by atoms with Gasteiger partial charge in [0.05, 0.1) is 8.07 Å². The van der Waals surface area contributed by atoms with E-state index in [0.29, 0.717) is 13.1 Å². The Labute approximate surface area is 120 Å². The van der Waals surface area contributed by atoms with Crippen molar-refractivity contribution in [1.82, 2.24) is 0 Å². The fraction of sp³-hybridized carbons (Fsp3) is 1.00. The van der Waals surface area contributed by atoms with Gasteiger partial charge in [-0.25, -0.2) is 0 Å². The van der Waals surface area contributed by atoms with Crippen LogP contribution in [0.1, 0.15) is 19.3 Å². The van der Waals surface area contributed by atoms with E-state index in [0.717, 1.165) is 25.3 Å². The van der Waals surface area contributed by atoms with E-state index in [1.807, 2.05) is 0 Å². The summed E-state index contributed by atoms with van der Waals surface area (Å²) in [5, 5.41) is 0. The van der Waals surface area contributed by atoms with E-state index < -0.39 is 16.9 Å². The van der Waals surface area contributed by atoms with Gasteiger partial charge in [-0.15, -0.1) is 0 Å². The van der Waals surface area contributed by atoms with Crippen molar-refractivity contribution in [1.29, 1.82) is 0 Å². The standard InChI is InChI=1S/C12H32N2O3Si2/c1-15-19(16-2,11-7-10-14)17-12(8-6-9-13)18(3,4)5/h12H,6-11,13-14H2,1-5H3. The van der Waals surface area contributed by atoms with E-state index in [4.69, 9.17) is 24.7 Å². The first-order valence-electron chi connectivity index (χ1n) is 7.03. The van der Waals surface area contributed by atoms with Gasteiger partial charge < -0.3 is 24.7 Å². The molecular weight excluding hydrogens is 276 g/mol. The fourth-order valence-corrected chi connectivity index (χ4v) is 7.05. The van der Waals surface area contributed by atoms with Gasteiger partial charge in [-0.1, -0.05) is 19.6 Å². The third kappa shape index (κ3) is 6.98. The molecule has 0 rings (SSSR count). The first kappa shape index (κ1) is 19.2. The number of rotatable bonds is 11. The second kappa shape index (κ2) is 9.22. The van der Waals surface area contributed by atoms with E-state index in [1.54, 1.807) is 14.2 Å². The molecule has 1 unspecified atom stereocenters. The Hall–Kier alpha value is 0.234. The molecule has 0 bridgehead atoms. The molecule has 0 aromatic rings. The van der Waals surface area contributed by atoms with Gasteiger partial charge in [-0.3, -0.25) is 0 Å². The zero-order chi connectivity index (χ0) is 14.9. The SMILES string of the molecule is CO[Si](CCCN)(OC)OC(CCCN)[Si](C)(C)C. The first-order valence-corrected chi connectivity index (χ1v) is 12.5. The molecule has 0 aromatic heterocycles. The van der Waals surface area contributed by atoms with Crippen LogP contribution >= 0.6 is 0 Å². The van der Waals surface area contributed by atoms with E-state index in [9.17, 15) is 0 Å². The first-order chi connectivity index (χ1) is 8.85. The Balaban J connectivity index is 4.81. The van der Waals surface area contributed by atoms with Gasteiger partial charge >= 0.3 is 8.80 Å². The summed E-state index contributed by atoms with van der Waals surface area (Å²) in [5.41, 5.74) is 11.4. The third-order valence-corrected chi connectivity index (χ3v) is 8.69. The molecule has 4 N–H and O–H groups in total. The summed E-state index contributed by atoms with van der Waals surface area (Å²) in [6.07, 6.45) is 2.82. The highest BCUT2D eigenvalue weighted by Crippen LogP contribution is 2.25. The van der Waals surface area contributed by atoms with Crippen molar-refractivity contribution in [3.05, 3.63) is 0 Å². The Kier molecular flexibility index (Phi) is 9.33. The fourth-order valence-electron chi connectivity index (χ4n) is 1.95. The Morgan fingerprint density at radius 3 is 1.84 bits per heavy atom. The molecule has 0 aliphatic rings. The molecule has 5 nitrogen and oxygen atoms in total. The van der Waals surface area contributed by atoms with E-state index in [-0.39, 0.29) is 5.73 Å². The van der Waals surface area contributed by atoms with Gasteiger partial charge in [-0.2, -0.15) is 0 Å². The molecular formula is C12H32N2O3Si2. The van der Waals surface area contributed by atoms with Gasteiger partial charge in [0.2, 0.25) is 0 Å². The number of nitrogens with two attached hydrogens (primary N) is 2. The molecule has 7 heteroatoms. The molecule has 19 heavy (non-hydrogen) atoms. The monoisotopic (exact) mass is 308 g/mol. The molecule has 0 aromatic carbocycles. The van der Waals surface area contributed by atoms with Gasteiger partial charge in [0, 0.05) is 26.0 Å². The molecule has 0 spiro atoms. The molecule has 0 heterocycles. The molecule has 0 aliphatic carbocycles. The van der Waals surface area contributed by atoms with Crippen molar-refractivity contribution in [2.75, 3.05) is 27.3 Å². The average molecular weight is 309 g/mol. The van der Waals surface area contributed by atoms with E-state index >= 15 is 0 Å². The smallest absolute Gasteiger partial charge is 0.377 e. The van der Waals surface area contributed by atoms with E-state index in [1.165, 1.54) is 0 Å². The lowest BCUT2D eigenvalue weighted by molar-refractivity contribution is 0.0773. The van der Waals surface area contributed by atoms with Crippen LogP contribution in [0.3, 0.4) is 0 Å². The molecule has 0 saturated heterocycles. The molecule has 116 valence electrons. The topological polar surface area (TPSA) is 79.7 Å². The van der Waals surface area contributed by atoms with Crippen LogP contribution in [0.25, 0.3) is 0 Å². The minimum atomic E-state index is -2.57. The van der Waals surface area contributed by atoms with Gasteiger partial charge in [0.1, 0.15) is 0 Å². The maximum Gasteiger partial charge on any atom is 0.500 e. The quantitative estimate of drug-likeness (QED) is 0.566. The Bertz CT molecular complexity index is 234. The molecule has 0 fully saturated rings. The molecule has 0 amide bonds. The maximum absolute atomic E-state index is 6.35. The Morgan fingerprint density at radius 2 is 1.47 bits per heavy atom. The van der Waals surface area contributed by atoms with Crippen LogP contribution in [0.5, 0.6) is 0 Å². The van der Waals surface area contributed by atoms with Crippen molar-refractivity contribution in [3.8, 4) is 0 Å². The summed E-state index contributed by atoms with van der Waals surface area (Å²) in [5.74, 6) is 0. The van der Waals surface area contributed by atoms with Gasteiger partial charge in [0.25, 0.3) is 0 Å². The predicted molar refractivity (Wildman–Crippen MR) is 84.8 cm³/mol. The highest BCUT2D eigenvalue weighted by molar-refractivity contribution is 6.78. The van der Waals surface area contributed by atoms with Crippen LogP contribution in [0, 0.1) is 0 Å². The van der Waals surface area contributed by atoms with Crippen molar-refractivity contribution >= 4 is 16.9 Å². The van der Waals surface area contributed by atoms with Gasteiger partial charge in [-0.05, 0) is 32.4 Å². The zero-order valence-corrected chi connectivity index (χ0v) is 15.2. The van der Waals surface area contributed by atoms with Crippen LogP contribution in [-0.4, -0.2) is 49.9 Å². The number of hydrogen-bond donors (Lipinski definition) is 2. The normalized spacial score (nSPS) is 14.7. The van der Waals surface area contributed by atoms with Crippen molar-refractivity contribution in [2.45, 2.75) is 50.7 Å². The molecule has 0 radical (unpaired) electrons. The average Bonchev–Trinajstić information content (AvgIpc) is 2.37. The lowest BCUT2D eigenvalue weighted by Crippen LogP contribution is -2.53. The lowest BCUT2D eigenvalue weighted by Gasteiger charge is -2.36. The second-order valence-corrected chi connectivity index (χ2v) is 14.2. The zero-order valence-electron chi connectivity index (χ0n) is 13.2. The lowest BCUT2D eigenvalue weighted by atomic mass is 10.3. The predicted octanol–water partition coefficient (Wildman–Crippen LogP) is 1.57. The van der Waals surface area contributed by atoms with Crippen LogP contribution in [0.4, 0.5) is 0 Å². The van der Waals surface area contributed by atoms with Crippen LogP contribution in [0.2, 0.25) is 25.7 Å². The molecule has 1 atom stereocenters. The van der Waals surface area contributed by atoms with Crippen molar-refractivity contribution < 1.29 is 13.3 Å². The number of hydrogen-bond acceptors (Lipinski definition) is 5. The third-order valence-electron chi connectivity index (χ3n) is 3.27. The summed E-state index contributed by atoms with van der Waals surface area (Å²) >= 11 is 0. The maximum atomic E-state index is 6.35. The highest BCUT2D eigenvalue weighted by Gasteiger charge is 2.43. The minimum absolute atomic E-state index is 0.223. The highest BCUT2D eigenvalue weighted by atomic mass is 28.4. The second-order valence-electron chi connectivity index (χ2n) is 5.89. The minimum Gasteiger partial charge on any atom is -0.377 e. The summed E-state index contributed by atoms with van der Waals surface area (Å²) in [6.45, 7) is 8.25. The molecule has 0 aliphatic heterocycles. The summed E-state index contributed by atoms with van der Waals surface area (Å²) < 4.78 is 17.6. The Morgan fingerprint density at radius 1 is 0.947 bits per heavy atom. The van der Waals surface area contributed by atoms with Crippen molar-refractivity contribution in [2.24, 2.45) is 11.5 Å².